The van der Waals surface area contributed by atoms with Crippen LogP contribution in [0.15, 0.2) is 36.4 Å². The van der Waals surface area contributed by atoms with E-state index in [2.05, 4.69) is 5.32 Å². The van der Waals surface area contributed by atoms with Gasteiger partial charge in [0.1, 0.15) is 5.75 Å². The Bertz CT molecular complexity index is 791. The van der Waals surface area contributed by atoms with Crippen LogP contribution in [-0.4, -0.2) is 37.9 Å². The van der Waals surface area contributed by atoms with E-state index in [4.69, 9.17) is 27.9 Å². The molecule has 2 amide bonds. The van der Waals surface area contributed by atoms with Crippen LogP contribution in [0.3, 0.4) is 0 Å². The van der Waals surface area contributed by atoms with Gasteiger partial charge in [-0.15, -0.1) is 0 Å². The van der Waals surface area contributed by atoms with Crippen molar-refractivity contribution in [1.29, 1.82) is 0 Å². The number of methoxy groups -OCH3 is 1. The van der Waals surface area contributed by atoms with Gasteiger partial charge in [0.2, 0.25) is 0 Å². The second kappa shape index (κ2) is 7.55. The van der Waals surface area contributed by atoms with Crippen LogP contribution >= 0.6 is 23.2 Å². The van der Waals surface area contributed by atoms with E-state index in [9.17, 15) is 9.59 Å². The number of anilines is 1. The molecule has 0 aliphatic carbocycles. The summed E-state index contributed by atoms with van der Waals surface area (Å²) in [6, 6.07) is 9.40. The molecule has 0 fully saturated rings. The summed E-state index contributed by atoms with van der Waals surface area (Å²) < 4.78 is 5.23. The highest BCUT2D eigenvalue weighted by atomic mass is 35.5. The largest absolute Gasteiger partial charge is 0.495 e. The number of nitrogens with one attached hydrogen (secondary N) is 1. The summed E-state index contributed by atoms with van der Waals surface area (Å²) >= 11 is 11.8. The Kier molecular flexibility index (Phi) is 5.70. The second-order valence-corrected chi connectivity index (χ2v) is 6.01. The lowest BCUT2D eigenvalue weighted by Gasteiger charge is -2.14. The number of amides is 2. The molecule has 126 valence electrons. The van der Waals surface area contributed by atoms with E-state index >= 15 is 0 Å². The third kappa shape index (κ3) is 3.99. The number of halogens is 2. The van der Waals surface area contributed by atoms with E-state index in [1.165, 1.54) is 18.1 Å². The van der Waals surface area contributed by atoms with Crippen molar-refractivity contribution in [2.45, 2.75) is 0 Å². The highest BCUT2D eigenvalue weighted by Gasteiger charge is 2.15. The highest BCUT2D eigenvalue weighted by Crippen LogP contribution is 2.28. The van der Waals surface area contributed by atoms with Gasteiger partial charge < -0.3 is 15.0 Å². The zero-order chi connectivity index (χ0) is 17.9. The normalized spacial score (nSPS) is 10.2. The molecular formula is C17H16Cl2N2O3. The molecule has 0 aliphatic rings. The molecule has 0 saturated carbocycles. The molecule has 7 heteroatoms. The molecule has 0 atom stereocenters. The summed E-state index contributed by atoms with van der Waals surface area (Å²) in [5, 5.41) is 3.37. The molecule has 0 unspecified atom stereocenters. The first-order valence-electron chi connectivity index (χ1n) is 6.99. The molecule has 0 aromatic heterocycles. The van der Waals surface area contributed by atoms with Gasteiger partial charge in [0.05, 0.1) is 22.8 Å². The minimum atomic E-state index is -0.388. The average molecular weight is 367 g/mol. The fraction of sp³-hybridized carbons (Fsp3) is 0.176. The smallest absolute Gasteiger partial charge is 0.255 e. The van der Waals surface area contributed by atoms with Crippen LogP contribution in [0.25, 0.3) is 0 Å². The quantitative estimate of drug-likeness (QED) is 0.890. The predicted octanol–water partition coefficient (Wildman–Crippen LogP) is 3.96. The lowest BCUT2D eigenvalue weighted by atomic mass is 10.1. The van der Waals surface area contributed by atoms with Crippen molar-refractivity contribution in [3.05, 3.63) is 57.6 Å². The van der Waals surface area contributed by atoms with Crippen molar-refractivity contribution in [2.24, 2.45) is 0 Å². The van der Waals surface area contributed by atoms with Crippen molar-refractivity contribution < 1.29 is 14.3 Å². The lowest BCUT2D eigenvalue weighted by Crippen LogP contribution is -2.22. The SMILES string of the molecule is COc1ccc(C(=O)N(C)C)cc1NC(=O)c1ccc(Cl)c(Cl)c1. The molecule has 0 saturated heterocycles. The van der Waals surface area contributed by atoms with Crippen molar-refractivity contribution in [3.8, 4) is 5.75 Å². The van der Waals surface area contributed by atoms with E-state index in [-0.39, 0.29) is 16.8 Å². The second-order valence-electron chi connectivity index (χ2n) is 5.20. The predicted molar refractivity (Wildman–Crippen MR) is 95.4 cm³/mol. The average Bonchev–Trinajstić information content (AvgIpc) is 2.56. The summed E-state index contributed by atoms with van der Waals surface area (Å²) in [7, 11) is 4.79. The topological polar surface area (TPSA) is 58.6 Å². The van der Waals surface area contributed by atoms with Crippen molar-refractivity contribution in [2.75, 3.05) is 26.5 Å². The Morgan fingerprint density at radius 2 is 1.67 bits per heavy atom. The number of nitrogens with zero attached hydrogens (tertiary/aromatic N) is 1. The Hall–Kier alpha value is -2.24. The van der Waals surface area contributed by atoms with Crippen LogP contribution < -0.4 is 10.1 Å². The Morgan fingerprint density at radius 1 is 1.00 bits per heavy atom. The van der Waals surface area contributed by atoms with Gasteiger partial charge >= 0.3 is 0 Å². The third-order valence-electron chi connectivity index (χ3n) is 3.28. The first-order valence-corrected chi connectivity index (χ1v) is 7.75. The maximum absolute atomic E-state index is 12.4. The molecule has 0 spiro atoms. The van der Waals surface area contributed by atoms with Gasteiger partial charge in [0.15, 0.2) is 0 Å². The Labute approximate surface area is 150 Å². The highest BCUT2D eigenvalue weighted by molar-refractivity contribution is 6.42. The van der Waals surface area contributed by atoms with Gasteiger partial charge in [-0.05, 0) is 36.4 Å². The third-order valence-corrected chi connectivity index (χ3v) is 4.02. The molecule has 0 radical (unpaired) electrons. The van der Waals surface area contributed by atoms with Crippen molar-refractivity contribution in [1.82, 2.24) is 4.90 Å². The van der Waals surface area contributed by atoms with E-state index in [0.29, 0.717) is 27.6 Å². The summed E-state index contributed by atoms with van der Waals surface area (Å²) in [5.74, 6) is -0.122. The van der Waals surface area contributed by atoms with E-state index in [0.717, 1.165) is 0 Å². The molecule has 0 bridgehead atoms. The number of hydrogen-bond acceptors (Lipinski definition) is 3. The van der Waals surface area contributed by atoms with Crippen molar-refractivity contribution in [3.63, 3.8) is 0 Å². The minimum absolute atomic E-state index is 0.178. The zero-order valence-electron chi connectivity index (χ0n) is 13.4. The van der Waals surface area contributed by atoms with Gasteiger partial charge in [-0.3, -0.25) is 9.59 Å². The summed E-state index contributed by atoms with van der Waals surface area (Å²) in [4.78, 5) is 25.9. The van der Waals surface area contributed by atoms with E-state index in [1.54, 1.807) is 44.4 Å². The first kappa shape index (κ1) is 18.1. The maximum atomic E-state index is 12.4. The molecule has 2 rings (SSSR count). The first-order chi connectivity index (χ1) is 11.3. The molecule has 5 nitrogen and oxygen atoms in total. The molecule has 0 heterocycles. The Balaban J connectivity index is 2.33. The van der Waals surface area contributed by atoms with Crippen LogP contribution in [0.1, 0.15) is 20.7 Å². The Morgan fingerprint density at radius 3 is 2.25 bits per heavy atom. The van der Waals surface area contributed by atoms with Crippen LogP contribution in [0.4, 0.5) is 5.69 Å². The van der Waals surface area contributed by atoms with Gasteiger partial charge in [-0.1, -0.05) is 23.2 Å². The molecule has 24 heavy (non-hydrogen) atoms. The molecular weight excluding hydrogens is 351 g/mol. The minimum Gasteiger partial charge on any atom is -0.495 e. The zero-order valence-corrected chi connectivity index (χ0v) is 14.9. The number of ether oxygens (including phenoxy) is 1. The maximum Gasteiger partial charge on any atom is 0.255 e. The van der Waals surface area contributed by atoms with Gasteiger partial charge in [0.25, 0.3) is 11.8 Å². The monoisotopic (exact) mass is 366 g/mol. The van der Waals surface area contributed by atoms with Crippen LogP contribution in [0.5, 0.6) is 5.75 Å². The summed E-state index contributed by atoms with van der Waals surface area (Å²) in [5.41, 5.74) is 1.17. The van der Waals surface area contributed by atoms with Crippen LogP contribution in [0, 0.1) is 0 Å². The standard InChI is InChI=1S/C17H16Cl2N2O3/c1-21(2)17(23)11-5-7-15(24-3)14(9-11)20-16(22)10-4-6-12(18)13(19)8-10/h4-9H,1-3H3,(H,20,22). The fourth-order valence-electron chi connectivity index (χ4n) is 2.03. The van der Waals surface area contributed by atoms with Gasteiger partial charge in [0, 0.05) is 25.2 Å². The van der Waals surface area contributed by atoms with Gasteiger partial charge in [-0.25, -0.2) is 0 Å². The summed E-state index contributed by atoms with van der Waals surface area (Å²) in [6.45, 7) is 0. The number of rotatable bonds is 4. The van der Waals surface area contributed by atoms with E-state index in [1.807, 2.05) is 0 Å². The van der Waals surface area contributed by atoms with Crippen LogP contribution in [0.2, 0.25) is 10.0 Å². The van der Waals surface area contributed by atoms with E-state index < -0.39 is 0 Å². The molecule has 0 aliphatic heterocycles. The number of hydrogen-bond donors (Lipinski definition) is 1. The molecule has 1 N–H and O–H groups in total. The number of carbonyl (C=O) groups excluding carboxylic acids is 2. The molecule has 2 aromatic rings. The number of carbonyl (C=O) groups is 2. The fourth-order valence-corrected chi connectivity index (χ4v) is 2.33. The van der Waals surface area contributed by atoms with Crippen molar-refractivity contribution >= 4 is 40.7 Å². The lowest BCUT2D eigenvalue weighted by molar-refractivity contribution is 0.0827. The molecule has 2 aromatic carbocycles. The summed E-state index contributed by atoms with van der Waals surface area (Å²) in [6.07, 6.45) is 0. The van der Waals surface area contributed by atoms with Crippen LogP contribution in [-0.2, 0) is 0 Å². The van der Waals surface area contributed by atoms with Gasteiger partial charge in [-0.2, -0.15) is 0 Å². The number of benzene rings is 2.